The molecule has 1 atom stereocenters. The van der Waals surface area contributed by atoms with Crippen LogP contribution in [0, 0.1) is 6.92 Å². The number of aromatic nitrogens is 4. The van der Waals surface area contributed by atoms with Crippen molar-refractivity contribution in [2.45, 2.75) is 38.8 Å². The minimum Gasteiger partial charge on any atom is -0.353 e. The van der Waals surface area contributed by atoms with E-state index < -0.39 is 0 Å². The first-order valence-corrected chi connectivity index (χ1v) is 8.60. The van der Waals surface area contributed by atoms with E-state index in [1.807, 2.05) is 26.0 Å². The Morgan fingerprint density at radius 1 is 1.21 bits per heavy atom. The van der Waals surface area contributed by atoms with Crippen LogP contribution in [0.3, 0.4) is 0 Å². The summed E-state index contributed by atoms with van der Waals surface area (Å²) in [4.78, 5) is 16.7. The lowest BCUT2D eigenvalue weighted by Crippen LogP contribution is -2.54. The van der Waals surface area contributed by atoms with E-state index in [0.29, 0.717) is 6.04 Å². The molecule has 0 bridgehead atoms. The number of hydrogen-bond donors (Lipinski definition) is 1. The van der Waals surface area contributed by atoms with Crippen molar-refractivity contribution in [1.82, 2.24) is 30.0 Å². The molecule has 0 aromatic carbocycles. The van der Waals surface area contributed by atoms with Crippen molar-refractivity contribution >= 4 is 17.4 Å². The van der Waals surface area contributed by atoms with Crippen LogP contribution in [0.5, 0.6) is 0 Å². The maximum absolute atomic E-state index is 12.2. The third-order valence-electron chi connectivity index (χ3n) is 4.89. The predicted molar refractivity (Wildman–Crippen MR) is 89.9 cm³/mol. The number of piperazine rings is 1. The number of nitrogens with one attached hydrogen (secondary N) is 1. The molecule has 0 spiro atoms. The average Bonchev–Trinajstić information content (AvgIpc) is 3.35. The fraction of sp³-hybridized carbons (Fsp3) is 0.625. The number of nitrogens with zero attached hydrogens (tertiary/aromatic N) is 6. The Morgan fingerprint density at radius 3 is 2.67 bits per heavy atom. The van der Waals surface area contributed by atoms with Gasteiger partial charge in [0.1, 0.15) is 5.82 Å². The molecule has 8 heteroatoms. The maximum Gasteiger partial charge on any atom is 0.237 e. The first-order valence-electron chi connectivity index (χ1n) is 8.60. The molecule has 1 aliphatic carbocycles. The summed E-state index contributed by atoms with van der Waals surface area (Å²) in [5.41, 5.74) is 0.764. The van der Waals surface area contributed by atoms with Gasteiger partial charge in [-0.25, -0.2) is 0 Å². The lowest BCUT2D eigenvalue weighted by atomic mass is 10.2. The average molecular weight is 329 g/mol. The van der Waals surface area contributed by atoms with E-state index in [9.17, 15) is 4.79 Å². The van der Waals surface area contributed by atoms with Gasteiger partial charge in [-0.2, -0.15) is 4.52 Å². The number of carbonyl (C=O) groups excluding carboxylic acids is 1. The Bertz CT molecular complexity index is 746. The Kier molecular flexibility index (Phi) is 3.84. The number of anilines is 1. The van der Waals surface area contributed by atoms with Crippen LogP contribution in [0.1, 0.15) is 25.6 Å². The molecule has 2 aliphatic rings. The number of rotatable bonds is 4. The van der Waals surface area contributed by atoms with Crippen LogP contribution >= 0.6 is 0 Å². The van der Waals surface area contributed by atoms with E-state index in [-0.39, 0.29) is 11.9 Å². The van der Waals surface area contributed by atoms with E-state index in [1.165, 1.54) is 0 Å². The van der Waals surface area contributed by atoms with Crippen molar-refractivity contribution in [2.24, 2.45) is 0 Å². The number of hydrogen-bond acceptors (Lipinski definition) is 6. The van der Waals surface area contributed by atoms with Crippen LogP contribution in [0.2, 0.25) is 0 Å². The second-order valence-electron chi connectivity index (χ2n) is 6.69. The Hall–Kier alpha value is -2.22. The Labute approximate surface area is 140 Å². The van der Waals surface area contributed by atoms with Crippen molar-refractivity contribution in [3.05, 3.63) is 18.0 Å². The summed E-state index contributed by atoms with van der Waals surface area (Å²) in [5, 5.41) is 15.8. The smallest absolute Gasteiger partial charge is 0.237 e. The molecule has 8 nitrogen and oxygen atoms in total. The maximum atomic E-state index is 12.2. The van der Waals surface area contributed by atoms with Crippen LogP contribution in [0.4, 0.5) is 5.82 Å². The molecular weight excluding hydrogens is 306 g/mol. The quantitative estimate of drug-likeness (QED) is 0.865. The Morgan fingerprint density at radius 2 is 1.96 bits per heavy atom. The summed E-state index contributed by atoms with van der Waals surface area (Å²) >= 11 is 0. The highest BCUT2D eigenvalue weighted by molar-refractivity contribution is 5.81. The van der Waals surface area contributed by atoms with Crippen LogP contribution < -0.4 is 10.2 Å². The minimum atomic E-state index is -0.0664. The zero-order valence-electron chi connectivity index (χ0n) is 14.1. The lowest BCUT2D eigenvalue weighted by Gasteiger charge is -2.37. The van der Waals surface area contributed by atoms with Crippen LogP contribution in [0.25, 0.3) is 5.65 Å². The molecule has 24 heavy (non-hydrogen) atoms. The van der Waals surface area contributed by atoms with Gasteiger partial charge in [-0.15, -0.1) is 15.3 Å². The molecular formula is C16H23N7O. The molecule has 1 saturated heterocycles. The van der Waals surface area contributed by atoms with Gasteiger partial charge in [-0.05, 0) is 38.8 Å². The topological polar surface area (TPSA) is 78.7 Å². The van der Waals surface area contributed by atoms with Gasteiger partial charge in [-0.1, -0.05) is 0 Å². The second kappa shape index (κ2) is 6.01. The molecule has 1 aliphatic heterocycles. The Balaban J connectivity index is 1.39. The summed E-state index contributed by atoms with van der Waals surface area (Å²) in [7, 11) is 0. The summed E-state index contributed by atoms with van der Waals surface area (Å²) in [6, 6.07) is 4.29. The third kappa shape index (κ3) is 2.93. The number of fused-ring (bicyclic) bond motifs is 1. The number of carbonyl (C=O) groups is 1. The molecule has 1 amide bonds. The first-order chi connectivity index (χ1) is 11.6. The zero-order valence-corrected chi connectivity index (χ0v) is 14.1. The van der Waals surface area contributed by atoms with Crippen molar-refractivity contribution in [1.29, 1.82) is 0 Å². The molecule has 2 aromatic heterocycles. The molecule has 1 N–H and O–H groups in total. The summed E-state index contributed by atoms with van der Waals surface area (Å²) in [6.07, 6.45) is 2.26. The number of aryl methyl sites for hydroxylation is 1. The van der Waals surface area contributed by atoms with E-state index >= 15 is 0 Å². The minimum absolute atomic E-state index is 0.0664. The highest BCUT2D eigenvalue weighted by atomic mass is 16.2. The summed E-state index contributed by atoms with van der Waals surface area (Å²) in [6.45, 7) is 7.34. The van der Waals surface area contributed by atoms with Crippen molar-refractivity contribution in [3.8, 4) is 0 Å². The van der Waals surface area contributed by atoms with Gasteiger partial charge < -0.3 is 10.2 Å². The first kappa shape index (κ1) is 15.3. The van der Waals surface area contributed by atoms with Crippen LogP contribution in [0.15, 0.2) is 12.1 Å². The van der Waals surface area contributed by atoms with E-state index in [4.69, 9.17) is 0 Å². The fourth-order valence-electron chi connectivity index (χ4n) is 3.11. The lowest BCUT2D eigenvalue weighted by molar-refractivity contribution is -0.126. The van der Waals surface area contributed by atoms with Gasteiger partial charge >= 0.3 is 0 Å². The third-order valence-corrected chi connectivity index (χ3v) is 4.89. The normalized spacial score (nSPS) is 20.3. The van der Waals surface area contributed by atoms with Crippen molar-refractivity contribution in [3.63, 3.8) is 0 Å². The molecule has 0 radical (unpaired) electrons. The van der Waals surface area contributed by atoms with Gasteiger partial charge in [0.25, 0.3) is 0 Å². The van der Waals surface area contributed by atoms with E-state index in [1.54, 1.807) is 4.52 Å². The highest BCUT2D eigenvalue weighted by Gasteiger charge is 2.30. The molecule has 1 saturated carbocycles. The molecule has 4 rings (SSSR count). The standard InChI is InChI=1S/C16H23N7O/c1-11(16(24)17-13-3-4-13)21-7-9-22(10-8-21)15-6-5-14-19-18-12(2)23(14)20-15/h5-6,11,13H,3-4,7-10H2,1-2H3,(H,17,24). The predicted octanol–water partition coefficient (Wildman–Crippen LogP) is 0.222. The molecule has 2 fully saturated rings. The van der Waals surface area contributed by atoms with Gasteiger partial charge in [-0.3, -0.25) is 9.69 Å². The van der Waals surface area contributed by atoms with E-state index in [0.717, 1.165) is 56.3 Å². The van der Waals surface area contributed by atoms with Crippen molar-refractivity contribution in [2.75, 3.05) is 31.1 Å². The SMILES string of the molecule is Cc1nnc2ccc(N3CCN(C(C)C(=O)NC4CC4)CC3)nn12. The largest absolute Gasteiger partial charge is 0.353 e. The second-order valence-corrected chi connectivity index (χ2v) is 6.69. The molecule has 2 aromatic rings. The number of amides is 1. The monoisotopic (exact) mass is 329 g/mol. The van der Waals surface area contributed by atoms with Gasteiger partial charge in [0.2, 0.25) is 5.91 Å². The fourth-order valence-corrected chi connectivity index (χ4v) is 3.11. The highest BCUT2D eigenvalue weighted by Crippen LogP contribution is 2.20. The van der Waals surface area contributed by atoms with Gasteiger partial charge in [0.05, 0.1) is 6.04 Å². The zero-order chi connectivity index (χ0) is 16.7. The molecule has 128 valence electrons. The summed E-state index contributed by atoms with van der Waals surface area (Å²) in [5.74, 6) is 1.88. The van der Waals surface area contributed by atoms with Gasteiger partial charge in [0, 0.05) is 32.2 Å². The summed E-state index contributed by atoms with van der Waals surface area (Å²) < 4.78 is 1.77. The van der Waals surface area contributed by atoms with Gasteiger partial charge in [0.15, 0.2) is 11.5 Å². The molecule has 3 heterocycles. The van der Waals surface area contributed by atoms with Crippen LogP contribution in [-0.4, -0.2) is 68.9 Å². The van der Waals surface area contributed by atoms with Crippen LogP contribution in [-0.2, 0) is 4.79 Å². The molecule has 1 unspecified atom stereocenters. The van der Waals surface area contributed by atoms with E-state index in [2.05, 4.69) is 30.4 Å². The van der Waals surface area contributed by atoms with Crippen molar-refractivity contribution < 1.29 is 4.79 Å².